The minimum Gasteiger partial charge on any atom is -0.398 e. The monoisotopic (exact) mass is 996 g/mol. The van der Waals surface area contributed by atoms with Crippen LogP contribution < -0.4 is 43.8 Å². The second-order valence-electron chi connectivity index (χ2n) is 19.0. The topological polar surface area (TPSA) is 156 Å². The van der Waals surface area contributed by atoms with Crippen molar-refractivity contribution in [1.29, 1.82) is 0 Å². The van der Waals surface area contributed by atoms with Crippen LogP contribution in [-0.2, 0) is 0 Å². The molecule has 8 heteroatoms. The Morgan fingerprint density at radius 3 is 1.09 bits per heavy atom. The van der Waals surface area contributed by atoms with Gasteiger partial charge in [-0.15, -0.1) is 20.4 Å². The Labute approximate surface area is 447 Å². The second-order valence-corrected chi connectivity index (χ2v) is 19.0. The number of aromatic nitrogens is 4. The van der Waals surface area contributed by atoms with Crippen LogP contribution in [0, 0.1) is 6.92 Å². The van der Waals surface area contributed by atoms with Crippen LogP contribution in [0.25, 0.3) is 89.4 Å². The maximum absolute atomic E-state index is 7.24. The molecule has 0 fully saturated rings. The van der Waals surface area contributed by atoms with Gasteiger partial charge in [0, 0.05) is 87.5 Å². The molecule has 0 amide bonds. The highest BCUT2D eigenvalue weighted by atomic mass is 15.1. The largest absolute Gasteiger partial charge is 0.398 e. The lowest BCUT2D eigenvalue weighted by Crippen LogP contribution is -2.34. The van der Waals surface area contributed by atoms with Crippen molar-refractivity contribution in [2.45, 2.75) is 19.8 Å². The molecule has 0 saturated heterocycles. The highest BCUT2D eigenvalue weighted by molar-refractivity contribution is 6.04. The molecule has 12 rings (SSSR count). The fourth-order valence-corrected chi connectivity index (χ4v) is 10.0. The number of nitrogens with zero attached hydrogens (tertiary/aromatic N) is 4. The van der Waals surface area contributed by atoms with Gasteiger partial charge in [-0.3, -0.25) is 0 Å². The highest BCUT2D eigenvalue weighted by Gasteiger charge is 2.19. The molecular formula is C69H56N8. The minimum absolute atomic E-state index is 0.591. The Kier molecular flexibility index (Phi) is 14.1. The average molecular weight is 997 g/mol. The zero-order chi connectivity index (χ0) is 52.7. The van der Waals surface area contributed by atoms with Crippen LogP contribution in [0.2, 0.25) is 0 Å². The van der Waals surface area contributed by atoms with E-state index in [1.807, 2.05) is 152 Å². The lowest BCUT2D eigenvalue weighted by molar-refractivity contribution is 1.02. The van der Waals surface area contributed by atoms with Crippen molar-refractivity contribution in [3.63, 3.8) is 0 Å². The maximum Gasteiger partial charge on any atom is 0.101 e. The molecule has 2 heterocycles. The zero-order valence-corrected chi connectivity index (χ0v) is 42.7. The zero-order valence-electron chi connectivity index (χ0n) is 42.7. The molecule has 8 N–H and O–H groups in total. The number of nitrogens with two attached hydrogens (primary N) is 4. The normalized spacial score (nSPS) is 13.7. The van der Waals surface area contributed by atoms with Gasteiger partial charge in [-0.1, -0.05) is 236 Å². The van der Waals surface area contributed by atoms with Gasteiger partial charge in [0.25, 0.3) is 0 Å². The van der Waals surface area contributed by atoms with Crippen molar-refractivity contribution in [2.24, 2.45) is 22.9 Å². The summed E-state index contributed by atoms with van der Waals surface area (Å²) >= 11 is 0. The SMILES string of the molecule is Cc1ccc(/C(N)=c2\cccc\c2=C(\N)c2ccccc2)cc1.N/C(C1=CCCC=C1)=c1/cccc/c1=C(/N)c1cc(-c2nnc(-c3ccccc3)c3ccccc23)cc(-c2nnc(-c3ccccc3)c3ccccc23)c1. The van der Waals surface area contributed by atoms with Crippen LogP contribution >= 0.6 is 0 Å². The quantitative estimate of drug-likeness (QED) is 0.117. The van der Waals surface area contributed by atoms with E-state index < -0.39 is 0 Å². The molecule has 1 aliphatic rings. The summed E-state index contributed by atoms with van der Waals surface area (Å²) in [7, 11) is 0. The minimum atomic E-state index is 0.591. The number of fused-ring (bicyclic) bond motifs is 2. The third-order valence-electron chi connectivity index (χ3n) is 14.0. The van der Waals surface area contributed by atoms with Crippen LogP contribution in [0.3, 0.4) is 0 Å². The molecule has 2 aromatic heterocycles. The summed E-state index contributed by atoms with van der Waals surface area (Å²) in [5, 5.41) is 27.1. The van der Waals surface area contributed by atoms with Crippen molar-refractivity contribution in [3.05, 3.63) is 297 Å². The Hall–Kier alpha value is -10.2. The van der Waals surface area contributed by atoms with E-state index in [0.717, 1.165) is 134 Å². The molecule has 9 aromatic carbocycles. The fourth-order valence-electron chi connectivity index (χ4n) is 10.0. The van der Waals surface area contributed by atoms with Gasteiger partial charge in [0.2, 0.25) is 0 Å². The molecule has 8 nitrogen and oxygen atoms in total. The number of allylic oxidation sites excluding steroid dienone is 2. The van der Waals surface area contributed by atoms with E-state index >= 15 is 0 Å². The average Bonchev–Trinajstić information content (AvgIpc) is 3.51. The number of hydrogen-bond donors (Lipinski definition) is 4. The van der Waals surface area contributed by atoms with Gasteiger partial charge in [0.05, 0.1) is 0 Å². The van der Waals surface area contributed by atoms with Gasteiger partial charge in [0.15, 0.2) is 0 Å². The summed E-state index contributed by atoms with van der Waals surface area (Å²) < 4.78 is 0. The summed E-state index contributed by atoms with van der Waals surface area (Å²) in [5.41, 5.74) is 41.6. The van der Waals surface area contributed by atoms with Gasteiger partial charge in [-0.2, -0.15) is 0 Å². The Morgan fingerprint density at radius 2 is 0.675 bits per heavy atom. The summed E-state index contributed by atoms with van der Waals surface area (Å²) in [6.45, 7) is 2.06. The van der Waals surface area contributed by atoms with Crippen molar-refractivity contribution in [3.8, 4) is 45.0 Å². The van der Waals surface area contributed by atoms with Gasteiger partial charge in [-0.25, -0.2) is 0 Å². The molecule has 0 saturated carbocycles. The number of aryl methyl sites for hydroxylation is 1. The lowest BCUT2D eigenvalue weighted by atomic mass is 9.93. The van der Waals surface area contributed by atoms with E-state index in [2.05, 4.69) is 104 Å². The van der Waals surface area contributed by atoms with Crippen molar-refractivity contribution >= 4 is 44.3 Å². The number of benzene rings is 9. The number of rotatable bonds is 8. The first kappa shape index (κ1) is 49.1. The predicted octanol–water partition coefficient (Wildman–Crippen LogP) is 10.9. The first-order valence-electron chi connectivity index (χ1n) is 25.8. The van der Waals surface area contributed by atoms with Gasteiger partial charge < -0.3 is 22.9 Å². The third-order valence-corrected chi connectivity index (χ3v) is 14.0. The van der Waals surface area contributed by atoms with E-state index in [1.54, 1.807) is 0 Å². The Balaban J connectivity index is 0.000000229. The predicted molar refractivity (Wildman–Crippen MR) is 318 cm³/mol. The molecule has 1 aliphatic carbocycles. The Morgan fingerprint density at radius 1 is 0.325 bits per heavy atom. The third kappa shape index (κ3) is 10.2. The molecule has 372 valence electrons. The van der Waals surface area contributed by atoms with Crippen molar-refractivity contribution in [1.82, 2.24) is 20.4 Å². The van der Waals surface area contributed by atoms with Crippen LogP contribution in [0.5, 0.6) is 0 Å². The summed E-state index contributed by atoms with van der Waals surface area (Å²) in [4.78, 5) is 0. The second kappa shape index (κ2) is 22.1. The van der Waals surface area contributed by atoms with E-state index in [-0.39, 0.29) is 0 Å². The van der Waals surface area contributed by atoms with E-state index in [9.17, 15) is 0 Å². The lowest BCUT2D eigenvalue weighted by Gasteiger charge is -2.15. The standard InChI is InChI=1S/C48H36N6.C21H20N2/c49-43(31-16-4-1-5-17-31)37-22-10-11-23-38(37)44(50)34-28-35(47-41-26-14-12-24-39(41)45(51-53-47)32-18-6-2-7-19-32)30-36(29-34)48-42-27-15-13-25-40(42)46(52-54-48)33-20-8-3-9-21-33;1-15-11-13-17(14-12-15)21(23)19-10-6-5-9-18(19)20(22)16-7-3-2-4-8-16/h2-4,6-30H,1,5,49-50H2;2-14H,22-23H2,1H3/b43-37-,44-38-;20-18-,21-19-. The molecule has 77 heavy (non-hydrogen) atoms. The maximum atomic E-state index is 7.24. The van der Waals surface area contributed by atoms with Gasteiger partial charge >= 0.3 is 0 Å². The van der Waals surface area contributed by atoms with Gasteiger partial charge in [0.1, 0.15) is 22.8 Å². The summed E-state index contributed by atoms with van der Waals surface area (Å²) in [6.07, 6.45) is 8.41. The number of hydrogen-bond acceptors (Lipinski definition) is 8. The van der Waals surface area contributed by atoms with Gasteiger partial charge in [-0.05, 0) is 60.2 Å². The van der Waals surface area contributed by atoms with Crippen molar-refractivity contribution in [2.75, 3.05) is 0 Å². The molecule has 0 atom stereocenters. The van der Waals surface area contributed by atoms with E-state index in [4.69, 9.17) is 43.3 Å². The van der Waals surface area contributed by atoms with E-state index in [1.165, 1.54) is 5.56 Å². The molecule has 0 radical (unpaired) electrons. The smallest absolute Gasteiger partial charge is 0.101 e. The molecular weight excluding hydrogens is 941 g/mol. The fraction of sp³-hybridized carbons (Fsp3) is 0.0435. The molecule has 0 unspecified atom stereocenters. The highest BCUT2D eigenvalue weighted by Crippen LogP contribution is 2.38. The van der Waals surface area contributed by atoms with Crippen LogP contribution in [0.4, 0.5) is 0 Å². The van der Waals surface area contributed by atoms with Crippen LogP contribution in [-0.4, -0.2) is 20.4 Å². The summed E-state index contributed by atoms with van der Waals surface area (Å²) in [5.74, 6) is 0. The van der Waals surface area contributed by atoms with Crippen LogP contribution in [0.1, 0.15) is 35.1 Å². The first-order valence-corrected chi connectivity index (χ1v) is 25.8. The molecule has 11 aromatic rings. The van der Waals surface area contributed by atoms with Crippen molar-refractivity contribution < 1.29 is 0 Å². The molecule has 0 aliphatic heterocycles. The first-order chi connectivity index (χ1) is 37.8. The summed E-state index contributed by atoms with van der Waals surface area (Å²) in [6, 6.07) is 77.5. The molecule has 0 bridgehead atoms. The van der Waals surface area contributed by atoms with E-state index in [0.29, 0.717) is 11.4 Å². The Bertz CT molecular complexity index is 4160. The van der Waals surface area contributed by atoms with Crippen LogP contribution in [0.15, 0.2) is 254 Å². The molecule has 0 spiro atoms.